The summed E-state index contributed by atoms with van der Waals surface area (Å²) in [5.41, 5.74) is 0. The molecule has 0 spiro atoms. The fraction of sp³-hybridized carbons (Fsp3) is 0.833. The highest BCUT2D eigenvalue weighted by molar-refractivity contribution is 5.71. The fourth-order valence-electron chi connectivity index (χ4n) is 0.623. The number of carbonyl (C=O) groups is 1. The van der Waals surface area contributed by atoms with E-state index in [2.05, 4.69) is 0 Å². The normalized spacial score (nSPS) is 13.5. The van der Waals surface area contributed by atoms with Crippen LogP contribution in [-0.4, -0.2) is 45.7 Å². The summed E-state index contributed by atoms with van der Waals surface area (Å²) in [5.74, 6) is -1.89. The Hall–Kier alpha value is -0.650. The molecule has 0 rings (SSSR count). The van der Waals surface area contributed by atoms with E-state index in [9.17, 15) is 4.79 Å². The molecule has 11 heavy (non-hydrogen) atoms. The van der Waals surface area contributed by atoms with Gasteiger partial charge in [0, 0.05) is 19.1 Å². The lowest BCUT2D eigenvalue weighted by Gasteiger charge is -2.12. The van der Waals surface area contributed by atoms with E-state index in [0.717, 1.165) is 0 Å². The van der Waals surface area contributed by atoms with Crippen molar-refractivity contribution in [3.63, 3.8) is 0 Å². The molecule has 1 atom stereocenters. The van der Waals surface area contributed by atoms with E-state index < -0.39 is 18.0 Å². The molecule has 0 saturated heterocycles. The number of carboxylic acids is 1. The number of aliphatic hydroxyl groups excluding tert-OH is 3. The number of rotatable bonds is 5. The Morgan fingerprint density at radius 1 is 1.27 bits per heavy atom. The van der Waals surface area contributed by atoms with Gasteiger partial charge in [0.2, 0.25) is 0 Å². The maximum absolute atomic E-state index is 10.1. The van der Waals surface area contributed by atoms with Crippen molar-refractivity contribution >= 4 is 5.97 Å². The molecule has 1 unspecified atom stereocenters. The zero-order chi connectivity index (χ0) is 8.85. The molecule has 0 amide bonds. The highest BCUT2D eigenvalue weighted by Gasteiger charge is 2.18. The number of aliphatic hydroxyl groups is 3. The first kappa shape index (κ1) is 10.3. The molecule has 0 aromatic rings. The zero-order valence-corrected chi connectivity index (χ0v) is 5.97. The van der Waals surface area contributed by atoms with Gasteiger partial charge in [0.1, 0.15) is 0 Å². The minimum Gasteiger partial charge on any atom is -0.479 e. The van der Waals surface area contributed by atoms with Gasteiger partial charge in [-0.05, 0) is 6.42 Å². The third-order valence-electron chi connectivity index (χ3n) is 1.36. The van der Waals surface area contributed by atoms with Crippen LogP contribution in [0, 0.1) is 5.92 Å². The minimum absolute atomic E-state index is 0.123. The quantitative estimate of drug-likeness (QED) is 0.393. The van der Waals surface area contributed by atoms with Gasteiger partial charge < -0.3 is 20.4 Å². The van der Waals surface area contributed by atoms with E-state index in [1.54, 1.807) is 0 Å². The standard InChI is InChI=1S/C6H12O5/c7-2-4(3-8)1-5(9)6(10)11/h4-5,7-9H,1-3H2,(H,10,11). The molecule has 0 aliphatic carbocycles. The van der Waals surface area contributed by atoms with Crippen molar-refractivity contribution in [2.75, 3.05) is 13.2 Å². The molecule has 66 valence electrons. The average molecular weight is 164 g/mol. The summed E-state index contributed by atoms with van der Waals surface area (Å²) < 4.78 is 0. The van der Waals surface area contributed by atoms with E-state index in [0.29, 0.717) is 0 Å². The summed E-state index contributed by atoms with van der Waals surface area (Å²) in [4.78, 5) is 10.1. The first-order valence-electron chi connectivity index (χ1n) is 3.24. The molecular formula is C6H12O5. The van der Waals surface area contributed by atoms with E-state index >= 15 is 0 Å². The average Bonchev–Trinajstić information content (AvgIpc) is 1.99. The topological polar surface area (TPSA) is 98.0 Å². The van der Waals surface area contributed by atoms with E-state index in [4.69, 9.17) is 20.4 Å². The number of carboxylic acid groups (broad SMARTS) is 1. The van der Waals surface area contributed by atoms with E-state index in [1.807, 2.05) is 0 Å². The summed E-state index contributed by atoms with van der Waals surface area (Å²) in [6.07, 6.45) is -1.62. The SMILES string of the molecule is O=C(O)C(O)CC(CO)CO. The van der Waals surface area contributed by atoms with Crippen molar-refractivity contribution in [1.82, 2.24) is 0 Å². The van der Waals surface area contributed by atoms with Crippen molar-refractivity contribution in [2.24, 2.45) is 5.92 Å². The molecule has 0 aromatic heterocycles. The summed E-state index contributed by atoms with van der Waals surface area (Å²) in [6.45, 7) is -0.637. The largest absolute Gasteiger partial charge is 0.479 e. The lowest BCUT2D eigenvalue weighted by Crippen LogP contribution is -2.26. The molecule has 5 heteroatoms. The van der Waals surface area contributed by atoms with Crippen molar-refractivity contribution in [2.45, 2.75) is 12.5 Å². The van der Waals surface area contributed by atoms with Crippen LogP contribution in [0.15, 0.2) is 0 Å². The Morgan fingerprint density at radius 2 is 1.73 bits per heavy atom. The molecule has 0 radical (unpaired) electrons. The molecular weight excluding hydrogens is 152 g/mol. The maximum Gasteiger partial charge on any atom is 0.332 e. The van der Waals surface area contributed by atoms with Gasteiger partial charge in [-0.1, -0.05) is 0 Å². The van der Waals surface area contributed by atoms with Gasteiger partial charge in [-0.15, -0.1) is 0 Å². The summed E-state index contributed by atoms with van der Waals surface area (Å²) in [6, 6.07) is 0. The van der Waals surface area contributed by atoms with Crippen molar-refractivity contribution in [3.8, 4) is 0 Å². The Labute approximate surface area is 63.9 Å². The Kier molecular flexibility index (Phi) is 4.76. The van der Waals surface area contributed by atoms with Gasteiger partial charge in [0.15, 0.2) is 6.10 Å². The van der Waals surface area contributed by atoms with Crippen molar-refractivity contribution < 1.29 is 25.2 Å². The molecule has 0 aliphatic heterocycles. The molecule has 0 aromatic carbocycles. The maximum atomic E-state index is 10.1. The lowest BCUT2D eigenvalue weighted by atomic mass is 10.0. The van der Waals surface area contributed by atoms with Gasteiger partial charge >= 0.3 is 5.97 Å². The Bertz CT molecular complexity index is 120. The number of hydrogen-bond acceptors (Lipinski definition) is 4. The van der Waals surface area contributed by atoms with Crippen LogP contribution in [0.25, 0.3) is 0 Å². The third-order valence-corrected chi connectivity index (χ3v) is 1.36. The van der Waals surface area contributed by atoms with Gasteiger partial charge in [0.25, 0.3) is 0 Å². The highest BCUT2D eigenvalue weighted by atomic mass is 16.4. The summed E-state index contributed by atoms with van der Waals surface area (Å²) >= 11 is 0. The van der Waals surface area contributed by atoms with Crippen molar-refractivity contribution in [1.29, 1.82) is 0 Å². The molecule has 0 aliphatic rings. The second-order valence-corrected chi connectivity index (χ2v) is 2.32. The van der Waals surface area contributed by atoms with Crippen LogP contribution in [0.1, 0.15) is 6.42 Å². The van der Waals surface area contributed by atoms with E-state index in [1.165, 1.54) is 0 Å². The number of hydrogen-bond donors (Lipinski definition) is 4. The smallest absolute Gasteiger partial charge is 0.332 e. The van der Waals surface area contributed by atoms with Gasteiger partial charge in [-0.25, -0.2) is 4.79 Å². The van der Waals surface area contributed by atoms with Crippen LogP contribution >= 0.6 is 0 Å². The van der Waals surface area contributed by atoms with Crippen LogP contribution < -0.4 is 0 Å². The molecule has 0 bridgehead atoms. The molecule has 0 saturated carbocycles. The third kappa shape index (κ3) is 3.92. The second kappa shape index (κ2) is 5.06. The Morgan fingerprint density at radius 3 is 2.00 bits per heavy atom. The Balaban J connectivity index is 3.71. The number of aliphatic carboxylic acids is 1. The summed E-state index contributed by atoms with van der Waals surface area (Å²) in [7, 11) is 0. The van der Waals surface area contributed by atoms with E-state index in [-0.39, 0.29) is 19.6 Å². The summed E-state index contributed by atoms with van der Waals surface area (Å²) in [5, 5.41) is 33.9. The van der Waals surface area contributed by atoms with Gasteiger partial charge in [-0.3, -0.25) is 0 Å². The predicted molar refractivity (Wildman–Crippen MR) is 35.9 cm³/mol. The molecule has 4 N–H and O–H groups in total. The first-order valence-corrected chi connectivity index (χ1v) is 3.24. The predicted octanol–water partition coefficient (Wildman–Crippen LogP) is -1.58. The lowest BCUT2D eigenvalue weighted by molar-refractivity contribution is -0.147. The van der Waals surface area contributed by atoms with Crippen LogP contribution in [-0.2, 0) is 4.79 Å². The van der Waals surface area contributed by atoms with Gasteiger partial charge in [-0.2, -0.15) is 0 Å². The second-order valence-electron chi connectivity index (χ2n) is 2.32. The molecule has 0 heterocycles. The minimum atomic E-state index is -1.50. The van der Waals surface area contributed by atoms with Gasteiger partial charge in [0.05, 0.1) is 0 Å². The van der Waals surface area contributed by atoms with Crippen molar-refractivity contribution in [3.05, 3.63) is 0 Å². The van der Waals surface area contributed by atoms with Crippen LogP contribution in [0.4, 0.5) is 0 Å². The monoisotopic (exact) mass is 164 g/mol. The fourth-order valence-corrected chi connectivity index (χ4v) is 0.623. The van der Waals surface area contributed by atoms with Crippen LogP contribution in [0.3, 0.4) is 0 Å². The first-order chi connectivity index (χ1) is 5.11. The molecule has 0 fully saturated rings. The van der Waals surface area contributed by atoms with Crippen LogP contribution in [0.5, 0.6) is 0 Å². The molecule has 5 nitrogen and oxygen atoms in total. The highest BCUT2D eigenvalue weighted by Crippen LogP contribution is 2.04. The van der Waals surface area contributed by atoms with Crippen LogP contribution in [0.2, 0.25) is 0 Å². The zero-order valence-electron chi connectivity index (χ0n) is 5.97.